The molecule has 0 aliphatic carbocycles. The van der Waals surface area contributed by atoms with Gasteiger partial charge in [-0.05, 0) is 24.6 Å². The fourth-order valence-electron chi connectivity index (χ4n) is 3.01. The third-order valence-electron chi connectivity index (χ3n) is 4.82. The molecule has 1 amide bonds. The highest BCUT2D eigenvalue weighted by Gasteiger charge is 2.19. The van der Waals surface area contributed by atoms with E-state index in [2.05, 4.69) is 4.72 Å². The molecule has 0 unspecified atom stereocenters. The van der Waals surface area contributed by atoms with Crippen molar-refractivity contribution in [1.82, 2.24) is 9.62 Å². The summed E-state index contributed by atoms with van der Waals surface area (Å²) in [6.45, 7) is 0.318. The minimum absolute atomic E-state index is 0.00695. The maximum absolute atomic E-state index is 13.7. The number of nitrogens with one attached hydrogen (secondary N) is 1. The smallest absolute Gasteiger partial charge is 0.306 e. The van der Waals surface area contributed by atoms with Gasteiger partial charge in [-0.3, -0.25) is 9.59 Å². The summed E-state index contributed by atoms with van der Waals surface area (Å²) < 4.78 is 56.6. The van der Waals surface area contributed by atoms with E-state index >= 15 is 0 Å². The Kier molecular flexibility index (Phi) is 8.23. The van der Waals surface area contributed by atoms with E-state index in [4.69, 9.17) is 14.2 Å². The van der Waals surface area contributed by atoms with Crippen molar-refractivity contribution >= 4 is 21.9 Å². The van der Waals surface area contributed by atoms with Crippen molar-refractivity contribution in [2.24, 2.45) is 0 Å². The molecule has 1 heterocycles. The molecule has 0 radical (unpaired) electrons. The largest absolute Gasteiger partial charge is 0.486 e. The highest BCUT2D eigenvalue weighted by molar-refractivity contribution is 7.89. The van der Waals surface area contributed by atoms with Gasteiger partial charge in [0, 0.05) is 38.2 Å². The lowest BCUT2D eigenvalue weighted by molar-refractivity contribution is -0.151. The molecule has 0 saturated heterocycles. The molecule has 9 nitrogen and oxygen atoms in total. The van der Waals surface area contributed by atoms with Gasteiger partial charge in [-0.15, -0.1) is 0 Å². The predicted molar refractivity (Wildman–Crippen MR) is 116 cm³/mol. The summed E-state index contributed by atoms with van der Waals surface area (Å²) in [4.78, 5) is 25.3. The van der Waals surface area contributed by atoms with Crippen LogP contribution in [0.15, 0.2) is 47.4 Å². The Hall–Kier alpha value is -3.18. The SMILES string of the molecule is CN(Cc1ccccc1F)C(=O)COC(=O)CCCNS(=O)(=O)c1ccc2c(c1)OCCO2. The minimum atomic E-state index is -3.79. The molecule has 0 aromatic heterocycles. The lowest BCUT2D eigenvalue weighted by atomic mass is 10.2. The zero-order valence-electron chi connectivity index (χ0n) is 18.1. The molecule has 1 aliphatic heterocycles. The summed E-state index contributed by atoms with van der Waals surface area (Å²) in [7, 11) is -2.31. The number of rotatable bonds is 10. The van der Waals surface area contributed by atoms with E-state index < -0.39 is 34.3 Å². The number of halogens is 1. The number of benzene rings is 2. The number of ether oxygens (including phenoxy) is 3. The van der Waals surface area contributed by atoms with Crippen LogP contribution in [-0.2, 0) is 30.9 Å². The summed E-state index contributed by atoms with van der Waals surface area (Å²) in [6, 6.07) is 10.4. The van der Waals surface area contributed by atoms with Crippen molar-refractivity contribution in [1.29, 1.82) is 0 Å². The van der Waals surface area contributed by atoms with Crippen LogP contribution in [-0.4, -0.2) is 58.6 Å². The minimum Gasteiger partial charge on any atom is -0.486 e. The molecule has 11 heteroatoms. The van der Waals surface area contributed by atoms with Gasteiger partial charge in [-0.2, -0.15) is 0 Å². The van der Waals surface area contributed by atoms with Gasteiger partial charge in [0.1, 0.15) is 19.0 Å². The number of esters is 1. The molecular weight excluding hydrogens is 455 g/mol. The van der Waals surface area contributed by atoms with Gasteiger partial charge >= 0.3 is 5.97 Å². The highest BCUT2D eigenvalue weighted by atomic mass is 32.2. The third kappa shape index (κ3) is 6.90. The van der Waals surface area contributed by atoms with Crippen LogP contribution in [0.3, 0.4) is 0 Å². The maximum Gasteiger partial charge on any atom is 0.306 e. The van der Waals surface area contributed by atoms with E-state index in [-0.39, 0.29) is 30.8 Å². The average Bonchev–Trinajstić information content (AvgIpc) is 2.81. The van der Waals surface area contributed by atoms with Gasteiger partial charge in [-0.1, -0.05) is 18.2 Å². The van der Waals surface area contributed by atoms with Gasteiger partial charge in [-0.25, -0.2) is 17.5 Å². The quantitative estimate of drug-likeness (QED) is 0.408. The van der Waals surface area contributed by atoms with E-state index in [0.717, 1.165) is 0 Å². The molecule has 178 valence electrons. The molecule has 0 spiro atoms. The third-order valence-corrected chi connectivity index (χ3v) is 6.28. The number of amides is 1. The summed E-state index contributed by atoms with van der Waals surface area (Å²) in [5.41, 5.74) is 0.352. The lowest BCUT2D eigenvalue weighted by Gasteiger charge is -2.19. The predicted octanol–water partition coefficient (Wildman–Crippen LogP) is 1.86. The van der Waals surface area contributed by atoms with E-state index in [9.17, 15) is 22.4 Å². The molecule has 2 aromatic carbocycles. The number of carbonyl (C=O) groups is 2. The van der Waals surface area contributed by atoms with E-state index in [0.29, 0.717) is 30.3 Å². The summed E-state index contributed by atoms with van der Waals surface area (Å²) in [6.07, 6.45) is 0.107. The van der Waals surface area contributed by atoms with Crippen LogP contribution in [0.25, 0.3) is 0 Å². The van der Waals surface area contributed by atoms with Gasteiger partial charge in [0.15, 0.2) is 18.1 Å². The Labute approximate surface area is 191 Å². The van der Waals surface area contributed by atoms with Crippen LogP contribution >= 0.6 is 0 Å². The van der Waals surface area contributed by atoms with Crippen LogP contribution in [0.4, 0.5) is 4.39 Å². The highest BCUT2D eigenvalue weighted by Crippen LogP contribution is 2.32. The van der Waals surface area contributed by atoms with Crippen LogP contribution in [0, 0.1) is 5.82 Å². The summed E-state index contributed by atoms with van der Waals surface area (Å²) in [5, 5.41) is 0. The van der Waals surface area contributed by atoms with E-state index in [1.807, 2.05) is 0 Å². The van der Waals surface area contributed by atoms with Crippen LogP contribution in [0.1, 0.15) is 18.4 Å². The Morgan fingerprint density at radius 1 is 1.12 bits per heavy atom. The Bertz CT molecular complexity index is 1110. The van der Waals surface area contributed by atoms with Crippen LogP contribution < -0.4 is 14.2 Å². The number of hydrogen-bond acceptors (Lipinski definition) is 7. The summed E-state index contributed by atoms with van der Waals surface area (Å²) in [5.74, 6) is -0.700. The standard InChI is InChI=1S/C22H25FN2O7S/c1-25(14-16-5-2-3-6-18(16)23)21(26)15-32-22(27)7-4-10-24-33(28,29)17-8-9-19-20(13-17)31-12-11-30-19/h2-3,5-6,8-9,13,24H,4,7,10-12,14-15H2,1H3. The van der Waals surface area contributed by atoms with Gasteiger partial charge in [0.05, 0.1) is 4.90 Å². The normalized spacial score (nSPS) is 12.8. The first kappa shape index (κ1) is 24.5. The summed E-state index contributed by atoms with van der Waals surface area (Å²) >= 11 is 0. The van der Waals surface area contributed by atoms with Crippen molar-refractivity contribution in [2.45, 2.75) is 24.3 Å². The van der Waals surface area contributed by atoms with E-state index in [1.54, 1.807) is 18.2 Å². The molecule has 0 atom stereocenters. The van der Waals surface area contributed by atoms with Crippen LogP contribution in [0.2, 0.25) is 0 Å². The zero-order chi connectivity index (χ0) is 23.8. The molecule has 2 aromatic rings. The average molecular weight is 481 g/mol. The van der Waals surface area contributed by atoms with Crippen molar-refractivity contribution < 1.29 is 36.6 Å². The number of nitrogens with zero attached hydrogens (tertiary/aromatic N) is 1. The van der Waals surface area contributed by atoms with Crippen LogP contribution in [0.5, 0.6) is 11.5 Å². The number of sulfonamides is 1. The molecule has 1 N–H and O–H groups in total. The Morgan fingerprint density at radius 3 is 2.61 bits per heavy atom. The topological polar surface area (TPSA) is 111 Å². The number of carbonyl (C=O) groups excluding carboxylic acids is 2. The number of hydrogen-bond donors (Lipinski definition) is 1. The molecule has 0 fully saturated rings. The van der Waals surface area contributed by atoms with Crippen molar-refractivity contribution in [2.75, 3.05) is 33.4 Å². The molecule has 0 saturated carbocycles. The number of likely N-dealkylation sites (N-methyl/N-ethyl adjacent to an activating group) is 1. The van der Waals surface area contributed by atoms with Crippen molar-refractivity contribution in [3.63, 3.8) is 0 Å². The van der Waals surface area contributed by atoms with Gasteiger partial charge in [0.25, 0.3) is 5.91 Å². The Morgan fingerprint density at radius 2 is 1.85 bits per heavy atom. The van der Waals surface area contributed by atoms with Crippen molar-refractivity contribution in [3.05, 3.63) is 53.8 Å². The van der Waals surface area contributed by atoms with E-state index in [1.165, 1.54) is 36.2 Å². The van der Waals surface area contributed by atoms with Gasteiger partial charge in [0.2, 0.25) is 10.0 Å². The fraction of sp³-hybridized carbons (Fsp3) is 0.364. The monoisotopic (exact) mass is 480 g/mol. The first-order valence-corrected chi connectivity index (χ1v) is 11.8. The lowest BCUT2D eigenvalue weighted by Crippen LogP contribution is -2.31. The second-order valence-electron chi connectivity index (χ2n) is 7.31. The molecule has 1 aliphatic rings. The molecule has 3 rings (SSSR count). The second-order valence-corrected chi connectivity index (χ2v) is 9.08. The first-order chi connectivity index (χ1) is 15.8. The zero-order valence-corrected chi connectivity index (χ0v) is 18.9. The first-order valence-electron chi connectivity index (χ1n) is 10.3. The molecule has 33 heavy (non-hydrogen) atoms. The van der Waals surface area contributed by atoms with Crippen molar-refractivity contribution in [3.8, 4) is 11.5 Å². The molecular formula is C22H25FN2O7S. The second kappa shape index (κ2) is 11.1. The molecule has 0 bridgehead atoms. The Balaban J connectivity index is 1.38. The fourth-order valence-corrected chi connectivity index (χ4v) is 4.10. The maximum atomic E-state index is 13.7. The van der Waals surface area contributed by atoms with Gasteiger partial charge < -0.3 is 19.1 Å². The number of fused-ring (bicyclic) bond motifs is 1.